The molecule has 1 aromatic heterocycles. The van der Waals surface area contributed by atoms with Crippen LogP contribution < -0.4 is 15.7 Å². The van der Waals surface area contributed by atoms with Crippen LogP contribution in [-0.4, -0.2) is 29.0 Å². The molecule has 0 unspecified atom stereocenters. The number of carbonyl (C=O) groups excluding carboxylic acids is 1. The van der Waals surface area contributed by atoms with Crippen LogP contribution in [0.4, 0.5) is 0 Å². The summed E-state index contributed by atoms with van der Waals surface area (Å²) in [5, 5.41) is 18.0. The van der Waals surface area contributed by atoms with E-state index >= 15 is 0 Å². The van der Waals surface area contributed by atoms with Crippen molar-refractivity contribution in [3.63, 3.8) is 0 Å². The number of benzene rings is 2. The number of methoxy groups -OCH3 is 1. The predicted molar refractivity (Wildman–Crippen MR) is 117 cm³/mol. The molecule has 3 rings (SSSR count). The number of ether oxygens (including phenoxy) is 1. The molecule has 156 valence electrons. The van der Waals surface area contributed by atoms with Crippen LogP contribution >= 0.6 is 11.6 Å². The highest BCUT2D eigenvalue weighted by molar-refractivity contribution is 6.31. The first kappa shape index (κ1) is 21.7. The molecule has 0 spiro atoms. The molecule has 0 saturated heterocycles. The second kappa shape index (κ2) is 9.24. The maximum absolute atomic E-state index is 12.7. The van der Waals surface area contributed by atoms with E-state index in [1.54, 1.807) is 36.4 Å². The van der Waals surface area contributed by atoms with Crippen molar-refractivity contribution in [2.75, 3.05) is 7.11 Å². The van der Waals surface area contributed by atoms with Gasteiger partial charge in [0.1, 0.15) is 17.4 Å². The van der Waals surface area contributed by atoms with Gasteiger partial charge in [0.25, 0.3) is 11.5 Å². The normalized spacial score (nSPS) is 10.7. The molecule has 1 amide bonds. The van der Waals surface area contributed by atoms with E-state index in [9.17, 15) is 14.9 Å². The van der Waals surface area contributed by atoms with Crippen molar-refractivity contribution >= 4 is 23.7 Å². The lowest BCUT2D eigenvalue weighted by molar-refractivity contribution is 0.0947. The smallest absolute Gasteiger partial charge is 0.292 e. The average Bonchev–Trinajstić information content (AvgIpc) is 2.76. The summed E-state index contributed by atoms with van der Waals surface area (Å²) in [6.45, 7) is 3.30. The molecule has 0 aliphatic carbocycles. The fourth-order valence-electron chi connectivity index (χ4n) is 2.83. The highest BCUT2D eigenvalue weighted by Gasteiger charge is 2.20. The Hall–Kier alpha value is -3.96. The fourth-order valence-corrected chi connectivity index (χ4v) is 3.00. The van der Waals surface area contributed by atoms with Crippen molar-refractivity contribution < 1.29 is 9.53 Å². The second-order valence-corrected chi connectivity index (χ2v) is 6.96. The third-order valence-electron chi connectivity index (χ3n) is 4.57. The van der Waals surface area contributed by atoms with Crippen LogP contribution in [0.1, 0.15) is 32.7 Å². The third kappa shape index (κ3) is 4.47. The number of halogens is 1. The number of nitriles is 1. The third-order valence-corrected chi connectivity index (χ3v) is 4.98. The quantitative estimate of drug-likeness (QED) is 0.489. The number of hydrogen-bond acceptors (Lipinski definition) is 6. The molecule has 0 aliphatic rings. The van der Waals surface area contributed by atoms with E-state index in [0.29, 0.717) is 22.0 Å². The molecule has 8 nitrogen and oxygen atoms in total. The van der Waals surface area contributed by atoms with Crippen LogP contribution in [0.5, 0.6) is 5.75 Å². The van der Waals surface area contributed by atoms with Crippen LogP contribution in [0.3, 0.4) is 0 Å². The van der Waals surface area contributed by atoms with E-state index in [1.165, 1.54) is 20.2 Å². The zero-order valence-electron chi connectivity index (χ0n) is 17.0. The van der Waals surface area contributed by atoms with Gasteiger partial charge in [0, 0.05) is 16.1 Å². The molecular weight excluding hydrogens is 418 g/mol. The first-order chi connectivity index (χ1) is 14.9. The molecule has 1 heterocycles. The molecule has 0 saturated carbocycles. The maximum atomic E-state index is 12.7. The summed E-state index contributed by atoms with van der Waals surface area (Å²) in [6, 6.07) is 13.9. The number of hydrogen-bond donors (Lipinski definition) is 1. The van der Waals surface area contributed by atoms with E-state index in [2.05, 4.69) is 15.6 Å². The summed E-state index contributed by atoms with van der Waals surface area (Å²) in [5.41, 5.74) is 3.40. The van der Waals surface area contributed by atoms with Gasteiger partial charge in [-0.3, -0.25) is 9.59 Å². The molecule has 0 radical (unpaired) electrons. The van der Waals surface area contributed by atoms with Crippen LogP contribution in [-0.2, 0) is 0 Å². The largest absolute Gasteiger partial charge is 0.496 e. The van der Waals surface area contributed by atoms with Gasteiger partial charge >= 0.3 is 0 Å². The van der Waals surface area contributed by atoms with Gasteiger partial charge in [0.15, 0.2) is 5.69 Å². The molecule has 0 aliphatic heterocycles. The van der Waals surface area contributed by atoms with Crippen LogP contribution in [0.15, 0.2) is 52.4 Å². The Labute approximate surface area is 183 Å². The first-order valence-electron chi connectivity index (χ1n) is 9.14. The van der Waals surface area contributed by atoms with Crippen molar-refractivity contribution in [2.24, 2.45) is 5.10 Å². The Morgan fingerprint density at radius 2 is 2.03 bits per heavy atom. The van der Waals surface area contributed by atoms with Crippen LogP contribution in [0.25, 0.3) is 5.69 Å². The highest BCUT2D eigenvalue weighted by Crippen LogP contribution is 2.19. The number of aromatic nitrogens is 2. The van der Waals surface area contributed by atoms with Crippen molar-refractivity contribution in [1.82, 2.24) is 15.2 Å². The summed E-state index contributed by atoms with van der Waals surface area (Å²) in [6.07, 6.45) is 1.42. The van der Waals surface area contributed by atoms with E-state index < -0.39 is 11.5 Å². The molecular formula is C22H18ClN5O3. The molecule has 31 heavy (non-hydrogen) atoms. The number of hydrazone groups is 1. The minimum absolute atomic E-state index is 0.106. The summed E-state index contributed by atoms with van der Waals surface area (Å²) in [5.74, 6) is -0.0847. The Bertz CT molecular complexity index is 1290. The molecule has 0 atom stereocenters. The minimum Gasteiger partial charge on any atom is -0.496 e. The minimum atomic E-state index is -0.674. The number of nitrogens with one attached hydrogen (secondary N) is 1. The van der Waals surface area contributed by atoms with Gasteiger partial charge < -0.3 is 4.74 Å². The lowest BCUT2D eigenvalue weighted by Crippen LogP contribution is -2.31. The molecule has 0 bridgehead atoms. The van der Waals surface area contributed by atoms with E-state index in [-0.39, 0.29) is 16.8 Å². The molecule has 1 N–H and O–H groups in total. The second-order valence-electron chi connectivity index (χ2n) is 6.55. The van der Waals surface area contributed by atoms with Crippen LogP contribution in [0, 0.1) is 25.2 Å². The summed E-state index contributed by atoms with van der Waals surface area (Å²) < 4.78 is 6.21. The summed E-state index contributed by atoms with van der Waals surface area (Å²) in [4.78, 5) is 25.4. The number of aryl methyl sites for hydroxylation is 1. The van der Waals surface area contributed by atoms with Gasteiger partial charge in [0.05, 0.1) is 19.0 Å². The number of rotatable bonds is 5. The van der Waals surface area contributed by atoms with Crippen molar-refractivity contribution in [3.05, 3.63) is 85.8 Å². The van der Waals surface area contributed by atoms with Gasteiger partial charge in [-0.25, -0.2) is 5.43 Å². The lowest BCUT2D eigenvalue weighted by Gasteiger charge is -2.11. The first-order valence-corrected chi connectivity index (χ1v) is 9.52. The van der Waals surface area contributed by atoms with E-state index in [1.807, 2.05) is 19.1 Å². The Morgan fingerprint density at radius 3 is 2.71 bits per heavy atom. The van der Waals surface area contributed by atoms with Crippen LogP contribution in [0.2, 0.25) is 5.02 Å². The highest BCUT2D eigenvalue weighted by atomic mass is 35.5. The monoisotopic (exact) mass is 435 g/mol. The Kier molecular flexibility index (Phi) is 6.48. The average molecular weight is 436 g/mol. The molecule has 0 fully saturated rings. The van der Waals surface area contributed by atoms with Gasteiger partial charge in [-0.1, -0.05) is 29.8 Å². The number of para-hydroxylation sites is 1. The van der Waals surface area contributed by atoms with Gasteiger partial charge in [-0.15, -0.1) is 0 Å². The summed E-state index contributed by atoms with van der Waals surface area (Å²) >= 11 is 6.16. The van der Waals surface area contributed by atoms with Gasteiger partial charge in [-0.05, 0) is 43.7 Å². The molecule has 3 aromatic rings. The molecule has 2 aromatic carbocycles. The van der Waals surface area contributed by atoms with Gasteiger partial charge in [0.2, 0.25) is 0 Å². The number of amides is 1. The van der Waals surface area contributed by atoms with Crippen molar-refractivity contribution in [2.45, 2.75) is 13.8 Å². The maximum Gasteiger partial charge on any atom is 0.292 e. The Balaban J connectivity index is 1.99. The number of nitrogens with zero attached hydrogens (tertiary/aromatic N) is 4. The predicted octanol–water partition coefficient (Wildman–Crippen LogP) is 3.15. The molecule has 9 heteroatoms. The standard InChI is InChI=1S/C22H18ClN5O3/c1-13-8-9-16(10-18(13)23)28-22(30)17(11-24)14(2)20(27-28)21(29)26-25-12-15-6-4-5-7-19(15)31-3/h4-10,12H,1-3H3,(H,26,29)/b25-12+. The SMILES string of the molecule is COc1ccccc1/C=N/NC(=O)c1nn(-c2ccc(C)c(Cl)c2)c(=O)c(C#N)c1C. The van der Waals surface area contributed by atoms with Gasteiger partial charge in [-0.2, -0.15) is 20.1 Å². The zero-order valence-corrected chi connectivity index (χ0v) is 17.8. The van der Waals surface area contributed by atoms with E-state index in [0.717, 1.165) is 10.2 Å². The Morgan fingerprint density at radius 1 is 1.29 bits per heavy atom. The summed E-state index contributed by atoms with van der Waals surface area (Å²) in [7, 11) is 1.53. The van der Waals surface area contributed by atoms with E-state index in [4.69, 9.17) is 16.3 Å². The zero-order chi connectivity index (χ0) is 22.5. The fraction of sp³-hybridized carbons (Fsp3) is 0.136. The lowest BCUT2D eigenvalue weighted by atomic mass is 10.1. The topological polar surface area (TPSA) is 109 Å². The van der Waals surface area contributed by atoms with Crippen molar-refractivity contribution in [1.29, 1.82) is 5.26 Å². The van der Waals surface area contributed by atoms with Crippen molar-refractivity contribution in [3.8, 4) is 17.5 Å². The number of carbonyl (C=O) groups is 1.